The van der Waals surface area contributed by atoms with Gasteiger partial charge in [0.15, 0.2) is 0 Å². The number of benzene rings is 1. The van der Waals surface area contributed by atoms with Gasteiger partial charge in [0.25, 0.3) is 0 Å². The smallest absolute Gasteiger partial charge is 0.410 e. The lowest BCUT2D eigenvalue weighted by atomic mass is 10.2. The zero-order valence-electron chi connectivity index (χ0n) is 11.3. The lowest BCUT2D eigenvalue weighted by Gasteiger charge is -2.29. The third kappa shape index (κ3) is 2.94. The van der Waals surface area contributed by atoms with Crippen molar-refractivity contribution in [3.63, 3.8) is 0 Å². The summed E-state index contributed by atoms with van der Waals surface area (Å²) in [5.41, 5.74) is 0.958. The van der Waals surface area contributed by atoms with Gasteiger partial charge in [-0.1, -0.05) is 30.3 Å². The van der Waals surface area contributed by atoms with Crippen LogP contribution in [-0.4, -0.2) is 47.5 Å². The van der Waals surface area contributed by atoms with Crippen LogP contribution in [0.2, 0.25) is 0 Å². The molecule has 1 N–H and O–H groups in total. The second kappa shape index (κ2) is 5.81. The molecule has 5 nitrogen and oxygen atoms in total. The molecule has 1 amide bonds. The predicted molar refractivity (Wildman–Crippen MR) is 72.1 cm³/mol. The molecule has 2 atom stereocenters. The number of hydrogen-bond donors (Lipinski definition) is 1. The summed E-state index contributed by atoms with van der Waals surface area (Å²) in [7, 11) is 0. The molecule has 1 aromatic carbocycles. The third-order valence-electron chi connectivity index (χ3n) is 3.73. The molecular weight excluding hydrogens is 258 g/mol. The summed E-state index contributed by atoms with van der Waals surface area (Å²) in [6, 6.07) is 9.51. The van der Waals surface area contributed by atoms with E-state index in [0.29, 0.717) is 13.2 Å². The van der Waals surface area contributed by atoms with Crippen LogP contribution in [0.1, 0.15) is 18.4 Å². The van der Waals surface area contributed by atoms with Crippen molar-refractivity contribution >= 4 is 6.09 Å². The second-order valence-electron chi connectivity index (χ2n) is 5.35. The Hall–Kier alpha value is -1.59. The minimum absolute atomic E-state index is 0.194. The van der Waals surface area contributed by atoms with Crippen LogP contribution in [-0.2, 0) is 16.1 Å². The summed E-state index contributed by atoms with van der Waals surface area (Å²) < 4.78 is 10.6. The van der Waals surface area contributed by atoms with Gasteiger partial charge in [-0.3, -0.25) is 4.90 Å². The maximum absolute atomic E-state index is 12.3. The highest BCUT2D eigenvalue weighted by molar-refractivity contribution is 5.69. The minimum atomic E-state index is -0.611. The summed E-state index contributed by atoms with van der Waals surface area (Å²) in [6.45, 7) is 0.935. The van der Waals surface area contributed by atoms with Gasteiger partial charge in [-0.2, -0.15) is 0 Å². The fourth-order valence-corrected chi connectivity index (χ4v) is 2.50. The van der Waals surface area contributed by atoms with E-state index in [0.717, 1.165) is 18.4 Å². The van der Waals surface area contributed by atoms with Crippen molar-refractivity contribution < 1.29 is 19.4 Å². The van der Waals surface area contributed by atoms with Gasteiger partial charge < -0.3 is 14.6 Å². The Morgan fingerprint density at radius 1 is 1.30 bits per heavy atom. The van der Waals surface area contributed by atoms with E-state index in [1.165, 1.54) is 0 Å². The van der Waals surface area contributed by atoms with Crippen molar-refractivity contribution in [2.24, 2.45) is 0 Å². The van der Waals surface area contributed by atoms with Crippen molar-refractivity contribution in [2.45, 2.75) is 37.6 Å². The summed E-state index contributed by atoms with van der Waals surface area (Å²) in [5.74, 6) is 0. The van der Waals surface area contributed by atoms with Crippen molar-refractivity contribution in [3.8, 4) is 0 Å². The molecule has 1 heterocycles. The topological polar surface area (TPSA) is 59.0 Å². The average molecular weight is 277 g/mol. The van der Waals surface area contributed by atoms with E-state index >= 15 is 0 Å². The molecule has 0 bridgehead atoms. The second-order valence-corrected chi connectivity index (χ2v) is 5.35. The van der Waals surface area contributed by atoms with E-state index in [9.17, 15) is 9.90 Å². The van der Waals surface area contributed by atoms with Crippen molar-refractivity contribution in [1.82, 2.24) is 4.90 Å². The highest BCUT2D eigenvalue weighted by Gasteiger charge is 2.43. The average Bonchev–Trinajstić information content (AvgIpc) is 3.21. The van der Waals surface area contributed by atoms with Crippen LogP contribution < -0.4 is 0 Å². The largest absolute Gasteiger partial charge is 0.445 e. The van der Waals surface area contributed by atoms with Gasteiger partial charge >= 0.3 is 6.09 Å². The van der Waals surface area contributed by atoms with Gasteiger partial charge in [-0.25, -0.2) is 4.79 Å². The number of nitrogens with zero attached hydrogens (tertiary/aromatic N) is 1. The number of aliphatic hydroxyl groups is 1. The number of ether oxygens (including phenoxy) is 2. The van der Waals surface area contributed by atoms with Crippen molar-refractivity contribution in [1.29, 1.82) is 0 Å². The van der Waals surface area contributed by atoms with E-state index in [1.54, 1.807) is 4.90 Å². The van der Waals surface area contributed by atoms with Crippen molar-refractivity contribution in [3.05, 3.63) is 35.9 Å². The fourth-order valence-electron chi connectivity index (χ4n) is 2.50. The zero-order valence-corrected chi connectivity index (χ0v) is 11.3. The van der Waals surface area contributed by atoms with Gasteiger partial charge in [0.1, 0.15) is 12.7 Å². The minimum Gasteiger partial charge on any atom is -0.445 e. The van der Waals surface area contributed by atoms with Gasteiger partial charge in [0, 0.05) is 6.04 Å². The van der Waals surface area contributed by atoms with E-state index < -0.39 is 6.10 Å². The molecule has 0 aromatic heterocycles. The first-order valence-electron chi connectivity index (χ1n) is 7.00. The van der Waals surface area contributed by atoms with Gasteiger partial charge in [-0.15, -0.1) is 0 Å². The molecule has 0 spiro atoms. The number of aliphatic hydroxyl groups excluding tert-OH is 1. The molecule has 20 heavy (non-hydrogen) atoms. The molecule has 1 saturated heterocycles. The Morgan fingerprint density at radius 2 is 2.05 bits per heavy atom. The first kappa shape index (κ1) is 13.4. The van der Waals surface area contributed by atoms with Gasteiger partial charge in [-0.05, 0) is 18.4 Å². The molecule has 1 aliphatic heterocycles. The Balaban J connectivity index is 1.61. The molecule has 1 aliphatic carbocycles. The van der Waals surface area contributed by atoms with Crippen LogP contribution in [0.15, 0.2) is 30.3 Å². The monoisotopic (exact) mass is 277 g/mol. The zero-order chi connectivity index (χ0) is 13.9. The lowest BCUT2D eigenvalue weighted by molar-refractivity contribution is 0.0465. The van der Waals surface area contributed by atoms with E-state index in [1.807, 2.05) is 30.3 Å². The summed E-state index contributed by atoms with van der Waals surface area (Å²) in [5, 5.41) is 9.90. The van der Waals surface area contributed by atoms with Gasteiger partial charge in [0.05, 0.1) is 19.3 Å². The molecule has 2 fully saturated rings. The first-order chi connectivity index (χ1) is 9.75. The van der Waals surface area contributed by atoms with Crippen LogP contribution in [0, 0.1) is 0 Å². The molecule has 108 valence electrons. The quantitative estimate of drug-likeness (QED) is 0.907. The molecule has 5 heteroatoms. The van der Waals surface area contributed by atoms with Crippen LogP contribution in [0.3, 0.4) is 0 Å². The standard InChI is InChI=1S/C15H19NO4/c17-14-10-19-9-13(14)16(12-6-7-12)15(18)20-8-11-4-2-1-3-5-11/h1-5,12-14,17H,6-10H2/t13-,14-/m1/s1. The van der Waals surface area contributed by atoms with Crippen LogP contribution in [0.25, 0.3) is 0 Å². The Morgan fingerprint density at radius 3 is 2.65 bits per heavy atom. The van der Waals surface area contributed by atoms with E-state index in [4.69, 9.17) is 9.47 Å². The molecule has 1 aromatic rings. The van der Waals surface area contributed by atoms with E-state index in [2.05, 4.69) is 0 Å². The normalized spacial score (nSPS) is 25.4. The maximum Gasteiger partial charge on any atom is 0.410 e. The molecule has 0 unspecified atom stereocenters. The number of amides is 1. The summed E-state index contributed by atoms with van der Waals surface area (Å²) in [4.78, 5) is 13.9. The number of carbonyl (C=O) groups is 1. The predicted octanol–water partition coefficient (Wildman–Crippen LogP) is 1.55. The molecule has 0 radical (unpaired) electrons. The molecule has 1 saturated carbocycles. The fraction of sp³-hybridized carbons (Fsp3) is 0.533. The Labute approximate surface area is 118 Å². The summed E-state index contributed by atoms with van der Waals surface area (Å²) in [6.07, 6.45) is 0.985. The highest BCUT2D eigenvalue weighted by atomic mass is 16.6. The molecule has 3 rings (SSSR count). The lowest BCUT2D eigenvalue weighted by Crippen LogP contribution is -2.48. The first-order valence-corrected chi connectivity index (χ1v) is 7.00. The third-order valence-corrected chi connectivity index (χ3v) is 3.73. The Bertz CT molecular complexity index is 460. The van der Waals surface area contributed by atoms with Crippen LogP contribution in [0.4, 0.5) is 4.79 Å². The number of hydrogen-bond acceptors (Lipinski definition) is 4. The Kier molecular flexibility index (Phi) is 3.89. The van der Waals surface area contributed by atoms with Crippen molar-refractivity contribution in [2.75, 3.05) is 13.2 Å². The SMILES string of the molecule is O=C(OCc1ccccc1)N(C1CC1)[C@@H]1COC[C@H]1O. The highest BCUT2D eigenvalue weighted by Crippen LogP contribution is 2.31. The summed E-state index contributed by atoms with van der Waals surface area (Å²) >= 11 is 0. The number of carbonyl (C=O) groups excluding carboxylic acids is 1. The molecule has 2 aliphatic rings. The number of rotatable bonds is 4. The van der Waals surface area contributed by atoms with E-state index in [-0.39, 0.29) is 24.8 Å². The molecular formula is C15H19NO4. The van der Waals surface area contributed by atoms with Crippen LogP contribution >= 0.6 is 0 Å². The van der Waals surface area contributed by atoms with Gasteiger partial charge in [0.2, 0.25) is 0 Å². The maximum atomic E-state index is 12.3. The van der Waals surface area contributed by atoms with Crippen LogP contribution in [0.5, 0.6) is 0 Å².